The minimum absolute atomic E-state index is 0.696. The average Bonchev–Trinajstić information content (AvgIpc) is 3.17. The molecule has 0 unspecified atom stereocenters. The van der Waals surface area contributed by atoms with Crippen molar-refractivity contribution in [3.63, 3.8) is 0 Å². The molecule has 0 aliphatic rings. The van der Waals surface area contributed by atoms with Crippen LogP contribution in [0.15, 0.2) is 88.3 Å². The molecule has 4 rings (SSSR count). The minimum Gasteiger partial charge on any atom is -0.220 e. The lowest BCUT2D eigenvalue weighted by molar-refractivity contribution is 0.854. The summed E-state index contributed by atoms with van der Waals surface area (Å²) in [6, 6.07) is 24.4. The van der Waals surface area contributed by atoms with Crippen molar-refractivity contribution in [3.05, 3.63) is 105 Å². The van der Waals surface area contributed by atoms with E-state index in [0.29, 0.717) is 5.02 Å². The predicted octanol–water partition coefficient (Wildman–Crippen LogP) is 6.86. The van der Waals surface area contributed by atoms with Crippen molar-refractivity contribution in [3.8, 4) is 11.3 Å². The second-order valence-corrected chi connectivity index (χ2v) is 8.28. The Labute approximate surface area is 185 Å². The molecular formula is C25H22ClN3S. The van der Waals surface area contributed by atoms with E-state index in [2.05, 4.69) is 67.8 Å². The molecule has 0 fully saturated rings. The number of rotatable bonds is 5. The van der Waals surface area contributed by atoms with Crippen molar-refractivity contribution in [1.29, 1.82) is 0 Å². The number of aryl methyl sites for hydroxylation is 2. The Balaban J connectivity index is 1.79. The van der Waals surface area contributed by atoms with E-state index in [-0.39, 0.29) is 0 Å². The van der Waals surface area contributed by atoms with Gasteiger partial charge in [-0.05, 0) is 48.7 Å². The Morgan fingerprint density at radius 1 is 0.933 bits per heavy atom. The molecule has 0 spiro atoms. The highest BCUT2D eigenvalue weighted by Crippen LogP contribution is 2.22. The predicted molar refractivity (Wildman–Crippen MR) is 128 cm³/mol. The molecule has 0 atom stereocenters. The molecule has 0 radical (unpaired) electrons. The van der Waals surface area contributed by atoms with Gasteiger partial charge in [0.2, 0.25) is 4.80 Å². The Kier molecular flexibility index (Phi) is 6.26. The normalized spacial score (nSPS) is 12.0. The fourth-order valence-corrected chi connectivity index (χ4v) is 3.98. The third-order valence-corrected chi connectivity index (χ3v) is 5.86. The number of halogens is 1. The van der Waals surface area contributed by atoms with E-state index in [0.717, 1.165) is 33.7 Å². The number of aromatic nitrogens is 1. The van der Waals surface area contributed by atoms with Gasteiger partial charge < -0.3 is 0 Å². The molecular weight excluding hydrogens is 410 g/mol. The fourth-order valence-electron chi connectivity index (χ4n) is 3.00. The van der Waals surface area contributed by atoms with Crippen LogP contribution >= 0.6 is 22.9 Å². The Bertz CT molecular complexity index is 1220. The number of thiazole rings is 1. The first-order valence-electron chi connectivity index (χ1n) is 9.83. The summed E-state index contributed by atoms with van der Waals surface area (Å²) in [5.41, 5.74) is 6.55. The van der Waals surface area contributed by atoms with Gasteiger partial charge in [-0.15, -0.1) is 11.3 Å². The van der Waals surface area contributed by atoms with Crippen LogP contribution in [0.4, 0.5) is 5.69 Å². The summed E-state index contributed by atoms with van der Waals surface area (Å²) in [6.45, 7) is 4.24. The standard InChI is InChI=1S/C25H22ClN3S/c1-3-19-6-8-20(9-7-19)16-27-29-24(21-10-4-18(2)5-11-21)17-30-25(29)28-23-14-12-22(26)13-15-23/h4-17H,3H2,1-2H3/b27-16+,28-25?. The number of hydrogen-bond donors (Lipinski definition) is 0. The lowest BCUT2D eigenvalue weighted by Crippen LogP contribution is -2.11. The number of hydrogen-bond acceptors (Lipinski definition) is 3. The summed E-state index contributed by atoms with van der Waals surface area (Å²) in [4.78, 5) is 5.59. The first-order valence-corrected chi connectivity index (χ1v) is 11.1. The van der Waals surface area contributed by atoms with Crippen molar-refractivity contribution in [1.82, 2.24) is 4.68 Å². The van der Waals surface area contributed by atoms with Gasteiger partial charge in [0.1, 0.15) is 0 Å². The number of nitrogens with zero attached hydrogens (tertiary/aromatic N) is 3. The molecule has 0 saturated carbocycles. The molecule has 5 heteroatoms. The van der Waals surface area contributed by atoms with E-state index in [4.69, 9.17) is 21.7 Å². The Morgan fingerprint density at radius 2 is 1.63 bits per heavy atom. The van der Waals surface area contributed by atoms with Gasteiger partial charge in [0.05, 0.1) is 17.6 Å². The second-order valence-electron chi connectivity index (χ2n) is 7.01. The van der Waals surface area contributed by atoms with Crippen LogP contribution in [0.2, 0.25) is 5.02 Å². The smallest absolute Gasteiger partial charge is 0.211 e. The van der Waals surface area contributed by atoms with Crippen LogP contribution in [-0.2, 0) is 6.42 Å². The highest BCUT2D eigenvalue weighted by molar-refractivity contribution is 7.07. The van der Waals surface area contributed by atoms with Crippen LogP contribution in [-0.4, -0.2) is 10.9 Å². The van der Waals surface area contributed by atoms with Gasteiger partial charge in [0, 0.05) is 16.0 Å². The molecule has 30 heavy (non-hydrogen) atoms. The van der Waals surface area contributed by atoms with Crippen molar-refractivity contribution in [2.45, 2.75) is 20.3 Å². The van der Waals surface area contributed by atoms with Gasteiger partial charge >= 0.3 is 0 Å². The summed E-state index contributed by atoms with van der Waals surface area (Å²) in [7, 11) is 0. The molecule has 0 N–H and O–H groups in total. The molecule has 0 amide bonds. The van der Waals surface area contributed by atoms with Gasteiger partial charge in [-0.25, -0.2) is 9.67 Å². The van der Waals surface area contributed by atoms with Gasteiger partial charge in [0.25, 0.3) is 0 Å². The van der Waals surface area contributed by atoms with Gasteiger partial charge in [-0.2, -0.15) is 5.10 Å². The van der Waals surface area contributed by atoms with Crippen molar-refractivity contribution in [2.75, 3.05) is 0 Å². The summed E-state index contributed by atoms with van der Waals surface area (Å²) in [6.07, 6.45) is 2.91. The zero-order valence-electron chi connectivity index (χ0n) is 16.9. The van der Waals surface area contributed by atoms with E-state index >= 15 is 0 Å². The molecule has 1 heterocycles. The molecule has 3 nitrogen and oxygen atoms in total. The summed E-state index contributed by atoms with van der Waals surface area (Å²) < 4.78 is 1.90. The van der Waals surface area contributed by atoms with E-state index in [1.54, 1.807) is 11.3 Å². The average molecular weight is 432 g/mol. The summed E-state index contributed by atoms with van der Waals surface area (Å²) in [5.74, 6) is 0. The zero-order chi connectivity index (χ0) is 20.9. The molecule has 0 aliphatic heterocycles. The first-order chi connectivity index (χ1) is 14.6. The lowest BCUT2D eigenvalue weighted by Gasteiger charge is -2.04. The van der Waals surface area contributed by atoms with E-state index in [9.17, 15) is 0 Å². The van der Waals surface area contributed by atoms with E-state index < -0.39 is 0 Å². The van der Waals surface area contributed by atoms with Gasteiger partial charge in [0.15, 0.2) is 0 Å². The summed E-state index contributed by atoms with van der Waals surface area (Å²) in [5, 5.41) is 7.58. The van der Waals surface area contributed by atoms with Crippen LogP contribution in [0.3, 0.4) is 0 Å². The van der Waals surface area contributed by atoms with Gasteiger partial charge in [-0.1, -0.05) is 72.6 Å². The van der Waals surface area contributed by atoms with Crippen LogP contribution in [0, 0.1) is 6.92 Å². The molecule has 3 aromatic carbocycles. The fraction of sp³-hybridized carbons (Fsp3) is 0.120. The topological polar surface area (TPSA) is 29.6 Å². The van der Waals surface area contributed by atoms with Crippen molar-refractivity contribution >= 4 is 34.8 Å². The molecule has 0 bridgehead atoms. The number of benzene rings is 3. The minimum atomic E-state index is 0.696. The summed E-state index contributed by atoms with van der Waals surface area (Å²) >= 11 is 7.58. The maximum absolute atomic E-state index is 6.01. The highest BCUT2D eigenvalue weighted by Gasteiger charge is 2.08. The van der Waals surface area contributed by atoms with Crippen LogP contribution in [0.5, 0.6) is 0 Å². The maximum atomic E-state index is 6.01. The Morgan fingerprint density at radius 3 is 2.30 bits per heavy atom. The molecule has 4 aromatic rings. The third kappa shape index (κ3) is 4.78. The lowest BCUT2D eigenvalue weighted by atomic mass is 10.1. The van der Waals surface area contributed by atoms with E-state index in [1.165, 1.54) is 11.1 Å². The maximum Gasteiger partial charge on any atom is 0.211 e. The molecule has 0 saturated heterocycles. The van der Waals surface area contributed by atoms with Crippen LogP contribution in [0.25, 0.3) is 11.3 Å². The van der Waals surface area contributed by atoms with Crippen LogP contribution < -0.4 is 4.80 Å². The second kappa shape index (κ2) is 9.24. The monoisotopic (exact) mass is 431 g/mol. The van der Waals surface area contributed by atoms with Crippen LogP contribution in [0.1, 0.15) is 23.6 Å². The van der Waals surface area contributed by atoms with Crippen molar-refractivity contribution in [2.24, 2.45) is 10.1 Å². The van der Waals surface area contributed by atoms with E-state index in [1.807, 2.05) is 35.2 Å². The van der Waals surface area contributed by atoms with Crippen molar-refractivity contribution < 1.29 is 0 Å². The third-order valence-electron chi connectivity index (χ3n) is 4.79. The largest absolute Gasteiger partial charge is 0.220 e. The van der Waals surface area contributed by atoms with Gasteiger partial charge in [-0.3, -0.25) is 0 Å². The molecule has 150 valence electrons. The SMILES string of the molecule is CCc1ccc(/C=N/n2c(-c3ccc(C)cc3)csc2=Nc2ccc(Cl)cc2)cc1. The quantitative estimate of drug-likeness (QED) is 0.309. The highest BCUT2D eigenvalue weighted by atomic mass is 35.5. The zero-order valence-corrected chi connectivity index (χ0v) is 18.5. The first kappa shape index (κ1) is 20.3. The molecule has 0 aliphatic carbocycles. The molecule has 1 aromatic heterocycles. The Hall–Kier alpha value is -2.95.